The molecular weight excluding hydrogens is 576 g/mol. The SMILES string of the molecule is C=CC1=C(C)C(=O)N=C1/C=c1/[nH]/c(=C/C2N=C(C(=O)c3[nH]c(C=O)c(C=C)c3C)C(C)=C2CCC(=O)O)c(CCC(=O)O)c1C. The number of carbonyl (C=O) groups excluding carboxylic acids is 3. The van der Waals surface area contributed by atoms with Crippen molar-refractivity contribution in [3.05, 3.63) is 85.9 Å². The van der Waals surface area contributed by atoms with E-state index < -0.39 is 23.8 Å². The van der Waals surface area contributed by atoms with Crippen LogP contribution in [0.15, 0.2) is 51.5 Å². The molecule has 2 aliphatic heterocycles. The lowest BCUT2D eigenvalue weighted by atomic mass is 9.95. The summed E-state index contributed by atoms with van der Waals surface area (Å²) in [6.45, 7) is 14.4. The minimum atomic E-state index is -1.01. The Morgan fingerprint density at radius 3 is 2.16 bits per heavy atom. The zero-order chi connectivity index (χ0) is 33.2. The number of carbonyl (C=O) groups is 5. The maximum absolute atomic E-state index is 13.8. The van der Waals surface area contributed by atoms with Crippen LogP contribution in [0.2, 0.25) is 0 Å². The molecule has 4 N–H and O–H groups in total. The number of nitrogens with zero attached hydrogens (tertiary/aromatic N) is 2. The Morgan fingerprint density at radius 1 is 0.911 bits per heavy atom. The van der Waals surface area contributed by atoms with E-state index in [1.54, 1.807) is 39.0 Å². The molecule has 0 fully saturated rings. The van der Waals surface area contributed by atoms with E-state index in [2.05, 4.69) is 28.1 Å². The number of allylic oxidation sites excluding steroid dienone is 3. The molecular formula is C34H34N4O7. The highest BCUT2D eigenvalue weighted by Crippen LogP contribution is 2.30. The predicted octanol–water partition coefficient (Wildman–Crippen LogP) is 3.36. The van der Waals surface area contributed by atoms with E-state index in [4.69, 9.17) is 4.99 Å². The van der Waals surface area contributed by atoms with Gasteiger partial charge in [0.05, 0.1) is 23.1 Å². The number of aldehydes is 1. The molecule has 0 aliphatic carbocycles. The highest BCUT2D eigenvalue weighted by molar-refractivity contribution is 6.52. The van der Waals surface area contributed by atoms with E-state index in [0.717, 1.165) is 5.56 Å². The van der Waals surface area contributed by atoms with Crippen LogP contribution in [0.3, 0.4) is 0 Å². The first-order valence-corrected chi connectivity index (χ1v) is 14.3. The molecule has 232 valence electrons. The van der Waals surface area contributed by atoms with Gasteiger partial charge in [-0.15, -0.1) is 0 Å². The normalized spacial score (nSPS) is 17.2. The second-order valence-electron chi connectivity index (χ2n) is 10.9. The quantitative estimate of drug-likeness (QED) is 0.198. The summed E-state index contributed by atoms with van der Waals surface area (Å²) in [5.41, 5.74) is 5.68. The summed E-state index contributed by atoms with van der Waals surface area (Å²) < 4.78 is 0. The fraction of sp³-hybridized carbons (Fsp3) is 0.265. The third-order valence-corrected chi connectivity index (χ3v) is 8.24. The van der Waals surface area contributed by atoms with Gasteiger partial charge in [-0.05, 0) is 80.5 Å². The van der Waals surface area contributed by atoms with Crippen LogP contribution >= 0.6 is 0 Å². The summed E-state index contributed by atoms with van der Waals surface area (Å²) in [6, 6.07) is -0.728. The van der Waals surface area contributed by atoms with Gasteiger partial charge < -0.3 is 20.2 Å². The lowest BCUT2D eigenvalue weighted by molar-refractivity contribution is -0.138. The molecule has 1 unspecified atom stereocenters. The van der Waals surface area contributed by atoms with Crippen molar-refractivity contribution in [2.75, 3.05) is 0 Å². The predicted molar refractivity (Wildman–Crippen MR) is 171 cm³/mol. The molecule has 0 bridgehead atoms. The van der Waals surface area contributed by atoms with E-state index in [-0.39, 0.29) is 48.7 Å². The fourth-order valence-electron chi connectivity index (χ4n) is 5.71. The van der Waals surface area contributed by atoms with Gasteiger partial charge in [0.15, 0.2) is 6.29 Å². The first-order chi connectivity index (χ1) is 21.3. The van der Waals surface area contributed by atoms with Gasteiger partial charge in [-0.1, -0.05) is 25.3 Å². The van der Waals surface area contributed by atoms with Crippen molar-refractivity contribution in [2.45, 2.75) is 59.4 Å². The second kappa shape index (κ2) is 13.0. The van der Waals surface area contributed by atoms with Crippen molar-refractivity contribution in [2.24, 2.45) is 9.98 Å². The zero-order valence-corrected chi connectivity index (χ0v) is 25.5. The Kier molecular flexibility index (Phi) is 9.41. The Bertz CT molecular complexity index is 1940. The number of aromatic amines is 2. The molecule has 4 rings (SSSR count). The summed E-state index contributed by atoms with van der Waals surface area (Å²) in [4.78, 5) is 75.7. The number of hydrogen-bond acceptors (Lipinski definition) is 6. The standard InChI is InChI=1S/C34H34N4O7/c1-7-20-17(4)31(37-28(20)15-39)33(44)32-18(5)23(10-12-30(42)43)27(36-32)14-26-22(9-11-29(40)41)16(3)24(35-26)13-25-21(8-2)19(6)34(45)38-25/h7-8,13-15,27,35,37H,1-2,9-12H2,3-6H3,(H,40,41)(H,42,43)/b24-13+,26-14+. The molecule has 0 aromatic carbocycles. The minimum absolute atomic E-state index is 0.124. The topological polar surface area (TPSA) is 182 Å². The van der Waals surface area contributed by atoms with Crippen LogP contribution in [0.25, 0.3) is 18.2 Å². The first kappa shape index (κ1) is 32.5. The molecule has 45 heavy (non-hydrogen) atoms. The van der Waals surface area contributed by atoms with E-state index in [1.807, 2.05) is 6.92 Å². The Hall–Kier alpha value is -5.45. The first-order valence-electron chi connectivity index (χ1n) is 14.3. The number of H-pyrrole nitrogens is 2. The van der Waals surface area contributed by atoms with Crippen LogP contribution in [0.4, 0.5) is 0 Å². The number of nitrogens with one attached hydrogen (secondary N) is 2. The van der Waals surface area contributed by atoms with Crippen molar-refractivity contribution < 1.29 is 34.2 Å². The summed E-state index contributed by atoms with van der Waals surface area (Å²) in [5.74, 6) is -2.80. The van der Waals surface area contributed by atoms with Crippen molar-refractivity contribution in [1.82, 2.24) is 9.97 Å². The number of ketones is 1. The van der Waals surface area contributed by atoms with Crippen LogP contribution in [0.5, 0.6) is 0 Å². The third kappa shape index (κ3) is 6.28. The summed E-state index contributed by atoms with van der Waals surface area (Å²) in [5, 5.41) is 20.0. The molecule has 0 saturated carbocycles. The van der Waals surface area contributed by atoms with Crippen molar-refractivity contribution in [1.29, 1.82) is 0 Å². The molecule has 1 atom stereocenters. The number of carboxylic acid groups (broad SMARTS) is 2. The highest BCUT2D eigenvalue weighted by atomic mass is 16.4. The van der Waals surface area contributed by atoms with Gasteiger partial charge >= 0.3 is 11.9 Å². The maximum Gasteiger partial charge on any atom is 0.303 e. The molecule has 0 saturated heterocycles. The minimum Gasteiger partial charge on any atom is -0.481 e. The van der Waals surface area contributed by atoms with Gasteiger partial charge in [-0.25, -0.2) is 4.99 Å². The third-order valence-electron chi connectivity index (χ3n) is 8.24. The Balaban J connectivity index is 1.90. The fourth-order valence-corrected chi connectivity index (χ4v) is 5.71. The second-order valence-corrected chi connectivity index (χ2v) is 10.9. The lowest BCUT2D eigenvalue weighted by Crippen LogP contribution is -2.18. The van der Waals surface area contributed by atoms with Crippen LogP contribution in [0, 0.1) is 13.8 Å². The van der Waals surface area contributed by atoms with Gasteiger partial charge in [0.2, 0.25) is 5.78 Å². The summed E-state index contributed by atoms with van der Waals surface area (Å²) in [6.07, 6.45) is 7.09. The number of hydrogen-bond donors (Lipinski definition) is 4. The smallest absolute Gasteiger partial charge is 0.303 e. The molecule has 4 heterocycles. The summed E-state index contributed by atoms with van der Waals surface area (Å²) >= 11 is 0. The highest BCUT2D eigenvalue weighted by Gasteiger charge is 2.31. The molecule has 2 aliphatic rings. The number of carboxylic acids is 2. The van der Waals surface area contributed by atoms with Crippen molar-refractivity contribution in [3.8, 4) is 0 Å². The van der Waals surface area contributed by atoms with Gasteiger partial charge in [-0.3, -0.25) is 29.0 Å². The van der Waals surface area contributed by atoms with E-state index in [0.29, 0.717) is 61.7 Å². The van der Waals surface area contributed by atoms with E-state index in [9.17, 15) is 34.2 Å². The molecule has 0 spiro atoms. The molecule has 2 aromatic heterocycles. The Morgan fingerprint density at radius 2 is 1.58 bits per heavy atom. The Labute approximate surface area is 258 Å². The number of aliphatic imine (C=N–C) groups is 2. The van der Waals surface area contributed by atoms with Crippen LogP contribution < -0.4 is 10.7 Å². The van der Waals surface area contributed by atoms with Gasteiger partial charge in [-0.2, -0.15) is 0 Å². The lowest BCUT2D eigenvalue weighted by Gasteiger charge is -2.09. The summed E-state index contributed by atoms with van der Waals surface area (Å²) in [7, 11) is 0. The molecule has 0 radical (unpaired) electrons. The average Bonchev–Trinajstić information content (AvgIpc) is 3.67. The van der Waals surface area contributed by atoms with Crippen LogP contribution in [0.1, 0.15) is 76.3 Å². The molecule has 11 heteroatoms. The largest absolute Gasteiger partial charge is 0.481 e. The van der Waals surface area contributed by atoms with Crippen molar-refractivity contribution >= 4 is 59.6 Å². The van der Waals surface area contributed by atoms with Gasteiger partial charge in [0.25, 0.3) is 5.91 Å². The van der Waals surface area contributed by atoms with Gasteiger partial charge in [0, 0.05) is 40.2 Å². The van der Waals surface area contributed by atoms with Crippen molar-refractivity contribution in [3.63, 3.8) is 0 Å². The maximum atomic E-state index is 13.8. The zero-order valence-electron chi connectivity index (χ0n) is 25.5. The number of aromatic nitrogens is 2. The van der Waals surface area contributed by atoms with Crippen LogP contribution in [-0.2, 0) is 20.8 Å². The number of rotatable bonds is 13. The van der Waals surface area contributed by atoms with E-state index >= 15 is 0 Å². The monoisotopic (exact) mass is 610 g/mol. The number of amides is 1. The molecule has 2 aromatic rings. The molecule has 11 nitrogen and oxygen atoms in total. The number of aliphatic carboxylic acids is 2. The van der Waals surface area contributed by atoms with Gasteiger partial charge in [0.1, 0.15) is 5.71 Å². The van der Waals surface area contributed by atoms with Crippen LogP contribution in [-0.4, -0.2) is 67.6 Å². The average molecular weight is 611 g/mol. The molecule has 1 amide bonds. The van der Waals surface area contributed by atoms with E-state index in [1.165, 1.54) is 6.08 Å². The number of Topliss-reactive ketones (excluding diaryl/α,β-unsaturated/α-hetero) is 1.